The molecule has 9 heteroatoms. The lowest BCUT2D eigenvalue weighted by atomic mass is 10.1. The molecule has 1 aromatic carbocycles. The molecule has 1 unspecified atom stereocenters. The van der Waals surface area contributed by atoms with E-state index < -0.39 is 0 Å². The molecule has 0 fully saturated rings. The van der Waals surface area contributed by atoms with Gasteiger partial charge in [0.25, 0.3) is 5.91 Å². The lowest BCUT2D eigenvalue weighted by molar-refractivity contribution is 0.0925. The number of aromatic nitrogens is 6. The molecule has 0 spiro atoms. The molecular weight excluding hydrogens is 386 g/mol. The minimum atomic E-state index is -0.174. The number of amides is 1. The van der Waals surface area contributed by atoms with Crippen molar-refractivity contribution in [3.8, 4) is 22.0 Å². The van der Waals surface area contributed by atoms with Gasteiger partial charge in [0.2, 0.25) is 0 Å². The van der Waals surface area contributed by atoms with Crippen LogP contribution in [0.1, 0.15) is 28.4 Å². The minimum Gasteiger partial charge on any atom is -0.347 e. The fourth-order valence-electron chi connectivity index (χ4n) is 3.49. The summed E-state index contributed by atoms with van der Waals surface area (Å²) in [6.45, 7) is 2.66. The number of hydrogen-bond donors (Lipinski definition) is 2. The number of carbonyl (C=O) groups excluding carboxylic acids is 1. The molecular formula is C20H19N7OS. The third kappa shape index (κ3) is 3.44. The van der Waals surface area contributed by atoms with Crippen molar-refractivity contribution in [2.24, 2.45) is 0 Å². The molecule has 146 valence electrons. The molecule has 1 aliphatic heterocycles. The molecule has 0 saturated carbocycles. The second kappa shape index (κ2) is 7.25. The predicted octanol–water partition coefficient (Wildman–Crippen LogP) is 2.84. The summed E-state index contributed by atoms with van der Waals surface area (Å²) in [5.74, 6) is 1.44. The molecule has 0 aliphatic carbocycles. The predicted molar refractivity (Wildman–Crippen MR) is 109 cm³/mol. The molecule has 0 bridgehead atoms. The number of aryl methyl sites for hydroxylation is 2. The number of nitrogens with zero attached hydrogens (tertiary/aromatic N) is 5. The van der Waals surface area contributed by atoms with Gasteiger partial charge in [-0.25, -0.2) is 14.6 Å². The molecule has 0 radical (unpaired) electrons. The fourth-order valence-corrected chi connectivity index (χ4v) is 4.31. The van der Waals surface area contributed by atoms with E-state index in [1.165, 1.54) is 11.3 Å². The number of fused-ring (bicyclic) bond motifs is 1. The average molecular weight is 405 g/mol. The number of thiazole rings is 1. The van der Waals surface area contributed by atoms with E-state index in [9.17, 15) is 4.79 Å². The van der Waals surface area contributed by atoms with E-state index in [1.54, 1.807) is 6.20 Å². The largest absolute Gasteiger partial charge is 0.347 e. The Bertz CT molecular complexity index is 1160. The monoisotopic (exact) mass is 405 g/mol. The number of carbonyl (C=O) groups is 1. The molecule has 29 heavy (non-hydrogen) atoms. The van der Waals surface area contributed by atoms with Crippen LogP contribution in [0.15, 0.2) is 41.9 Å². The maximum Gasteiger partial charge on any atom is 0.270 e. The van der Waals surface area contributed by atoms with Crippen LogP contribution in [0, 0.1) is 6.92 Å². The number of aromatic amines is 1. The molecule has 1 aliphatic rings. The van der Waals surface area contributed by atoms with Crippen LogP contribution in [0.3, 0.4) is 0 Å². The first-order chi connectivity index (χ1) is 14.2. The topological polar surface area (TPSA) is 101 Å². The highest BCUT2D eigenvalue weighted by molar-refractivity contribution is 7.13. The highest BCUT2D eigenvalue weighted by Gasteiger charge is 2.26. The van der Waals surface area contributed by atoms with Gasteiger partial charge in [0, 0.05) is 35.6 Å². The molecule has 1 atom stereocenters. The SMILES string of the molecule is Cc1csc(-c2cn[nH]c2C(=O)NC2CCn3nc(-c4ccccc4)nc3C2)n1. The van der Waals surface area contributed by atoms with E-state index >= 15 is 0 Å². The third-order valence-corrected chi connectivity index (χ3v) is 5.94. The first-order valence-corrected chi connectivity index (χ1v) is 10.3. The third-order valence-electron chi connectivity index (χ3n) is 4.95. The van der Waals surface area contributed by atoms with Crippen LogP contribution in [-0.4, -0.2) is 41.9 Å². The standard InChI is InChI=1S/C20H19N7OS/c1-12-11-29-20(22-12)15-10-21-25-17(15)19(28)23-14-7-8-27-16(9-14)24-18(26-27)13-5-3-2-4-6-13/h2-6,10-11,14H,7-9H2,1H3,(H,21,25)(H,23,28). The van der Waals surface area contributed by atoms with Crippen LogP contribution in [0.2, 0.25) is 0 Å². The average Bonchev–Trinajstić information content (AvgIpc) is 3.47. The van der Waals surface area contributed by atoms with E-state index in [0.717, 1.165) is 46.4 Å². The van der Waals surface area contributed by atoms with Gasteiger partial charge in [-0.3, -0.25) is 9.89 Å². The van der Waals surface area contributed by atoms with E-state index in [1.807, 2.05) is 47.3 Å². The summed E-state index contributed by atoms with van der Waals surface area (Å²) in [6.07, 6.45) is 3.10. The Kier molecular flexibility index (Phi) is 4.44. The van der Waals surface area contributed by atoms with Crippen molar-refractivity contribution in [2.45, 2.75) is 32.4 Å². The van der Waals surface area contributed by atoms with Crippen LogP contribution in [-0.2, 0) is 13.0 Å². The van der Waals surface area contributed by atoms with Gasteiger partial charge in [0.1, 0.15) is 16.5 Å². The normalized spacial score (nSPS) is 15.8. The summed E-state index contributed by atoms with van der Waals surface area (Å²) < 4.78 is 1.94. The second-order valence-corrected chi connectivity index (χ2v) is 7.91. The van der Waals surface area contributed by atoms with Gasteiger partial charge in [0.05, 0.1) is 11.8 Å². The summed E-state index contributed by atoms with van der Waals surface area (Å²) in [6, 6.07) is 9.93. The molecule has 5 rings (SSSR count). The molecule has 3 aromatic heterocycles. The Labute approximate surface area is 171 Å². The molecule has 4 aromatic rings. The Morgan fingerprint density at radius 2 is 2.14 bits per heavy atom. The second-order valence-electron chi connectivity index (χ2n) is 7.06. The lowest BCUT2D eigenvalue weighted by Gasteiger charge is -2.23. The summed E-state index contributed by atoms with van der Waals surface area (Å²) in [5, 5.41) is 17.3. The number of hydrogen-bond acceptors (Lipinski definition) is 6. The Hall–Kier alpha value is -3.33. The molecule has 8 nitrogen and oxygen atoms in total. The van der Waals surface area contributed by atoms with Crippen LogP contribution < -0.4 is 5.32 Å². The summed E-state index contributed by atoms with van der Waals surface area (Å²) in [7, 11) is 0. The van der Waals surface area contributed by atoms with E-state index in [2.05, 4.69) is 30.6 Å². The zero-order valence-electron chi connectivity index (χ0n) is 15.8. The number of nitrogens with one attached hydrogen (secondary N) is 2. The van der Waals surface area contributed by atoms with Crippen molar-refractivity contribution in [3.63, 3.8) is 0 Å². The molecule has 2 N–H and O–H groups in total. The zero-order chi connectivity index (χ0) is 19.8. The Morgan fingerprint density at radius 1 is 1.28 bits per heavy atom. The molecule has 1 amide bonds. The van der Waals surface area contributed by atoms with Crippen LogP contribution in [0.25, 0.3) is 22.0 Å². The van der Waals surface area contributed by atoms with Gasteiger partial charge < -0.3 is 5.32 Å². The van der Waals surface area contributed by atoms with Crippen LogP contribution in [0.5, 0.6) is 0 Å². The van der Waals surface area contributed by atoms with Gasteiger partial charge in [-0.1, -0.05) is 30.3 Å². The zero-order valence-corrected chi connectivity index (χ0v) is 16.6. The fraction of sp³-hybridized carbons (Fsp3) is 0.250. The van der Waals surface area contributed by atoms with E-state index in [4.69, 9.17) is 0 Å². The number of H-pyrrole nitrogens is 1. The van der Waals surface area contributed by atoms with Gasteiger partial charge in [0.15, 0.2) is 5.82 Å². The van der Waals surface area contributed by atoms with Crippen molar-refractivity contribution >= 4 is 17.2 Å². The van der Waals surface area contributed by atoms with Gasteiger partial charge in [-0.15, -0.1) is 11.3 Å². The lowest BCUT2D eigenvalue weighted by Crippen LogP contribution is -2.40. The highest BCUT2D eigenvalue weighted by Crippen LogP contribution is 2.26. The molecule has 4 heterocycles. The first-order valence-electron chi connectivity index (χ1n) is 9.43. The van der Waals surface area contributed by atoms with Crippen molar-refractivity contribution in [1.29, 1.82) is 0 Å². The van der Waals surface area contributed by atoms with Gasteiger partial charge in [-0.05, 0) is 13.3 Å². The Balaban J connectivity index is 1.32. The quantitative estimate of drug-likeness (QED) is 0.544. The van der Waals surface area contributed by atoms with E-state index in [-0.39, 0.29) is 11.9 Å². The van der Waals surface area contributed by atoms with Gasteiger partial charge in [-0.2, -0.15) is 10.2 Å². The molecule has 0 saturated heterocycles. The summed E-state index contributed by atoms with van der Waals surface area (Å²) >= 11 is 1.50. The van der Waals surface area contributed by atoms with E-state index in [0.29, 0.717) is 12.1 Å². The maximum absolute atomic E-state index is 12.9. The van der Waals surface area contributed by atoms with Crippen molar-refractivity contribution in [3.05, 3.63) is 59.1 Å². The number of rotatable bonds is 4. The minimum absolute atomic E-state index is 0.00277. The van der Waals surface area contributed by atoms with Crippen LogP contribution in [0.4, 0.5) is 0 Å². The summed E-state index contributed by atoms with van der Waals surface area (Å²) in [5.41, 5.74) is 3.09. The van der Waals surface area contributed by atoms with Crippen molar-refractivity contribution in [2.75, 3.05) is 0 Å². The number of benzene rings is 1. The van der Waals surface area contributed by atoms with Gasteiger partial charge >= 0.3 is 0 Å². The smallest absolute Gasteiger partial charge is 0.270 e. The highest BCUT2D eigenvalue weighted by atomic mass is 32.1. The first kappa shape index (κ1) is 17.7. The van der Waals surface area contributed by atoms with Crippen LogP contribution >= 0.6 is 11.3 Å². The maximum atomic E-state index is 12.9. The Morgan fingerprint density at radius 3 is 2.93 bits per heavy atom. The van der Waals surface area contributed by atoms with Crippen molar-refractivity contribution in [1.82, 2.24) is 35.3 Å². The summed E-state index contributed by atoms with van der Waals surface area (Å²) in [4.78, 5) is 22.0. The van der Waals surface area contributed by atoms with Crippen molar-refractivity contribution < 1.29 is 4.79 Å².